The Morgan fingerprint density at radius 2 is 1.90 bits per heavy atom. The molecule has 1 fully saturated rings. The van der Waals surface area contributed by atoms with Crippen molar-refractivity contribution >= 4 is 23.0 Å². The summed E-state index contributed by atoms with van der Waals surface area (Å²) in [6.45, 7) is 0.622. The van der Waals surface area contributed by atoms with Crippen molar-refractivity contribution in [2.75, 3.05) is 4.90 Å². The number of furan rings is 1. The van der Waals surface area contributed by atoms with E-state index in [1.165, 1.54) is 0 Å². The van der Waals surface area contributed by atoms with Gasteiger partial charge in [-0.1, -0.05) is 6.07 Å². The van der Waals surface area contributed by atoms with Crippen LogP contribution in [0.2, 0.25) is 0 Å². The largest absolute Gasteiger partial charge is 0.508 e. The van der Waals surface area contributed by atoms with Gasteiger partial charge in [0.15, 0.2) is 5.11 Å². The van der Waals surface area contributed by atoms with Crippen molar-refractivity contribution in [2.24, 2.45) is 0 Å². The van der Waals surface area contributed by atoms with Crippen LogP contribution in [-0.4, -0.2) is 19.8 Å². The molecule has 6 nitrogen and oxygen atoms in total. The van der Waals surface area contributed by atoms with Crippen molar-refractivity contribution < 1.29 is 9.52 Å². The summed E-state index contributed by atoms with van der Waals surface area (Å²) in [7, 11) is 0. The molecule has 3 aromatic heterocycles. The molecule has 0 saturated carbocycles. The van der Waals surface area contributed by atoms with Crippen LogP contribution in [0.5, 0.6) is 5.75 Å². The monoisotopic (exact) mass is 416 g/mol. The van der Waals surface area contributed by atoms with Crippen LogP contribution in [0.1, 0.15) is 29.2 Å². The van der Waals surface area contributed by atoms with Gasteiger partial charge in [0.2, 0.25) is 0 Å². The first-order valence-corrected chi connectivity index (χ1v) is 10.1. The molecule has 2 atom stereocenters. The Bertz CT molecular complexity index is 1140. The third-order valence-electron chi connectivity index (χ3n) is 5.30. The third kappa shape index (κ3) is 3.33. The van der Waals surface area contributed by atoms with Crippen molar-refractivity contribution in [3.8, 4) is 5.75 Å². The van der Waals surface area contributed by atoms with Gasteiger partial charge in [-0.05, 0) is 72.9 Å². The van der Waals surface area contributed by atoms with Gasteiger partial charge in [-0.15, -0.1) is 0 Å². The number of phenols is 1. The van der Waals surface area contributed by atoms with Crippen LogP contribution >= 0.6 is 12.2 Å². The van der Waals surface area contributed by atoms with Gasteiger partial charge in [-0.25, -0.2) is 0 Å². The fourth-order valence-electron chi connectivity index (χ4n) is 3.96. The van der Waals surface area contributed by atoms with Gasteiger partial charge in [0.05, 0.1) is 24.5 Å². The zero-order chi connectivity index (χ0) is 20.5. The molecule has 1 aromatic carbocycles. The Hall–Kier alpha value is -3.58. The maximum atomic E-state index is 9.74. The number of benzene rings is 1. The lowest BCUT2D eigenvalue weighted by Gasteiger charge is -2.29. The minimum absolute atomic E-state index is 0.123. The van der Waals surface area contributed by atoms with E-state index in [0.29, 0.717) is 11.7 Å². The minimum atomic E-state index is -0.127. The second-order valence-corrected chi connectivity index (χ2v) is 7.54. The normalized spacial score (nSPS) is 18.5. The lowest BCUT2D eigenvalue weighted by atomic mass is 10.0. The van der Waals surface area contributed by atoms with Crippen LogP contribution in [-0.2, 0) is 6.54 Å². The zero-order valence-electron chi connectivity index (χ0n) is 16.1. The molecule has 0 aliphatic carbocycles. The lowest BCUT2D eigenvalue weighted by molar-refractivity contribution is 0.473. The van der Waals surface area contributed by atoms with Gasteiger partial charge in [-0.2, -0.15) is 0 Å². The summed E-state index contributed by atoms with van der Waals surface area (Å²) >= 11 is 5.74. The Labute approximate surface area is 179 Å². The number of rotatable bonds is 5. The molecule has 2 N–H and O–H groups in total. The SMILES string of the molecule is Oc1ccc(N2C(=S)N[C@H](c3ccccn3)[C@@H]2c2cccn2Cc2ccco2)cc1. The highest BCUT2D eigenvalue weighted by Gasteiger charge is 2.42. The molecule has 0 radical (unpaired) electrons. The smallest absolute Gasteiger partial charge is 0.174 e. The van der Waals surface area contributed by atoms with Crippen LogP contribution in [0.4, 0.5) is 5.69 Å². The molecule has 7 heteroatoms. The molecule has 30 heavy (non-hydrogen) atoms. The predicted molar refractivity (Wildman–Crippen MR) is 118 cm³/mol. The van der Waals surface area contributed by atoms with E-state index in [-0.39, 0.29) is 17.8 Å². The second-order valence-electron chi connectivity index (χ2n) is 7.15. The van der Waals surface area contributed by atoms with Crippen molar-refractivity contribution in [2.45, 2.75) is 18.6 Å². The summed E-state index contributed by atoms with van der Waals surface area (Å²) < 4.78 is 7.73. The number of hydrogen-bond acceptors (Lipinski definition) is 4. The summed E-state index contributed by atoms with van der Waals surface area (Å²) in [5.74, 6) is 1.10. The molecule has 1 aliphatic heterocycles. The summed E-state index contributed by atoms with van der Waals surface area (Å²) in [5.41, 5.74) is 2.90. The Morgan fingerprint density at radius 3 is 2.63 bits per heavy atom. The highest BCUT2D eigenvalue weighted by molar-refractivity contribution is 7.80. The number of aromatic nitrogens is 2. The molecule has 0 unspecified atom stereocenters. The molecule has 0 bridgehead atoms. The standard InChI is InChI=1S/C23H20N4O2S/c28-17-10-8-16(9-11-17)27-22(21(25-23(27)30)19-6-1-2-12-24-19)20-7-3-13-26(20)15-18-5-4-14-29-18/h1-14,21-22,28H,15H2,(H,25,30)/t21-,22+/m1/s1. The highest BCUT2D eigenvalue weighted by Crippen LogP contribution is 2.42. The maximum absolute atomic E-state index is 9.74. The molecule has 0 spiro atoms. The molecule has 150 valence electrons. The molecule has 0 amide bonds. The Kier molecular flexibility index (Phi) is 4.72. The molecule has 1 aliphatic rings. The van der Waals surface area contributed by atoms with E-state index in [9.17, 15) is 5.11 Å². The van der Waals surface area contributed by atoms with E-state index < -0.39 is 0 Å². The van der Waals surface area contributed by atoms with Gasteiger partial charge >= 0.3 is 0 Å². The van der Waals surface area contributed by atoms with Crippen molar-refractivity contribution in [1.29, 1.82) is 0 Å². The maximum Gasteiger partial charge on any atom is 0.174 e. The summed E-state index contributed by atoms with van der Waals surface area (Å²) in [4.78, 5) is 6.67. The fourth-order valence-corrected chi connectivity index (χ4v) is 4.30. The summed E-state index contributed by atoms with van der Waals surface area (Å²) in [5, 5.41) is 13.8. The zero-order valence-corrected chi connectivity index (χ0v) is 16.9. The van der Waals surface area contributed by atoms with E-state index in [4.69, 9.17) is 16.6 Å². The first-order valence-electron chi connectivity index (χ1n) is 9.68. The number of anilines is 1. The number of hydrogen-bond donors (Lipinski definition) is 2. The van der Waals surface area contributed by atoms with Gasteiger partial charge in [0.1, 0.15) is 17.6 Å². The Balaban J connectivity index is 1.60. The van der Waals surface area contributed by atoms with Gasteiger partial charge < -0.3 is 24.3 Å². The molecule has 5 rings (SSSR count). The summed E-state index contributed by atoms with van der Waals surface area (Å²) in [6.07, 6.45) is 5.52. The van der Waals surface area contributed by atoms with Crippen LogP contribution in [0.3, 0.4) is 0 Å². The fraction of sp³-hybridized carbons (Fsp3) is 0.130. The molecular weight excluding hydrogens is 396 g/mol. The van der Waals surface area contributed by atoms with Gasteiger partial charge in [0, 0.05) is 23.8 Å². The average Bonchev–Trinajstić information content (AvgIpc) is 3.50. The number of nitrogens with zero attached hydrogens (tertiary/aromatic N) is 3. The van der Waals surface area contributed by atoms with Crippen molar-refractivity contribution in [3.63, 3.8) is 0 Å². The molecule has 4 heterocycles. The molecular formula is C23H20N4O2S. The first kappa shape index (κ1) is 18.4. The topological polar surface area (TPSA) is 66.5 Å². The highest BCUT2D eigenvalue weighted by atomic mass is 32.1. The lowest BCUT2D eigenvalue weighted by Crippen LogP contribution is -2.30. The number of nitrogens with one attached hydrogen (secondary N) is 1. The van der Waals surface area contributed by atoms with Crippen LogP contribution in [0.15, 0.2) is 89.8 Å². The van der Waals surface area contributed by atoms with E-state index in [2.05, 4.69) is 25.8 Å². The predicted octanol–water partition coefficient (Wildman–Crippen LogP) is 4.41. The van der Waals surface area contributed by atoms with Crippen LogP contribution in [0.25, 0.3) is 0 Å². The number of pyridine rings is 1. The molecule has 4 aromatic rings. The number of thiocarbonyl (C=S) groups is 1. The average molecular weight is 417 g/mol. The van der Waals surface area contributed by atoms with E-state index in [1.807, 2.05) is 54.7 Å². The van der Waals surface area contributed by atoms with E-state index in [0.717, 1.165) is 22.8 Å². The minimum Gasteiger partial charge on any atom is -0.508 e. The van der Waals surface area contributed by atoms with Gasteiger partial charge in [-0.3, -0.25) is 4.98 Å². The number of phenolic OH excluding ortho intramolecular Hbond substituents is 1. The van der Waals surface area contributed by atoms with E-state index >= 15 is 0 Å². The third-order valence-corrected chi connectivity index (χ3v) is 5.61. The Morgan fingerprint density at radius 1 is 1.03 bits per heavy atom. The quantitative estimate of drug-likeness (QED) is 0.470. The number of aromatic hydroxyl groups is 1. The summed E-state index contributed by atoms with van der Waals surface area (Å²) in [6, 6.07) is 20.7. The second kappa shape index (κ2) is 7.68. The van der Waals surface area contributed by atoms with Crippen LogP contribution in [0, 0.1) is 0 Å². The van der Waals surface area contributed by atoms with Crippen LogP contribution < -0.4 is 10.2 Å². The van der Waals surface area contributed by atoms with Gasteiger partial charge in [0.25, 0.3) is 0 Å². The first-order chi connectivity index (χ1) is 14.7. The van der Waals surface area contributed by atoms with Crippen molar-refractivity contribution in [1.82, 2.24) is 14.9 Å². The van der Waals surface area contributed by atoms with E-state index in [1.54, 1.807) is 24.6 Å². The molecule has 1 saturated heterocycles. The van der Waals surface area contributed by atoms with Crippen molar-refractivity contribution in [3.05, 3.63) is 103 Å².